The molecule has 0 bridgehead atoms. The molecule has 0 aromatic rings. The van der Waals surface area contributed by atoms with Gasteiger partial charge in [-0.05, 0) is 12.8 Å². The Morgan fingerprint density at radius 3 is 1.20 bits per heavy atom. The molecule has 3 atom stereocenters. The van der Waals surface area contributed by atoms with Crippen molar-refractivity contribution in [3.63, 3.8) is 0 Å². The van der Waals surface area contributed by atoms with E-state index in [2.05, 4.69) is 19.2 Å². The third kappa shape index (κ3) is 39.1. The number of aliphatic hydroxyl groups excluding tert-OH is 1. The standard InChI is InChI=1S/C43H84NO10P/c1-3-5-7-9-11-13-14-15-16-17-18-19-20-21-22-23-24-25-26-27-28-30-32-34-41(46)44-40(43(48)49)38-54-55(50,51)53-37-39(45)36-52-42(47)35-33-31-29-12-10-8-6-4-2/h39-40,45H,3-38H2,1-2H3,(H,44,46)(H,48,49)(H,50,51). The number of phosphoric acid groups is 1. The maximum absolute atomic E-state index is 12.3. The topological polar surface area (TPSA) is 169 Å². The quantitative estimate of drug-likeness (QED) is 0.0264. The summed E-state index contributed by atoms with van der Waals surface area (Å²) >= 11 is 0. The van der Waals surface area contributed by atoms with E-state index in [1.54, 1.807) is 0 Å². The van der Waals surface area contributed by atoms with Crippen molar-refractivity contribution < 1.29 is 47.8 Å². The Hall–Kier alpha value is -1.52. The Morgan fingerprint density at radius 2 is 0.836 bits per heavy atom. The Morgan fingerprint density at radius 1 is 0.509 bits per heavy atom. The van der Waals surface area contributed by atoms with E-state index < -0.39 is 57.6 Å². The van der Waals surface area contributed by atoms with Crippen molar-refractivity contribution in [1.82, 2.24) is 5.32 Å². The van der Waals surface area contributed by atoms with Crippen LogP contribution >= 0.6 is 7.82 Å². The lowest BCUT2D eigenvalue weighted by molar-refractivity contribution is -0.147. The van der Waals surface area contributed by atoms with Crippen LogP contribution in [0.4, 0.5) is 0 Å². The summed E-state index contributed by atoms with van der Waals surface area (Å²) in [7, 11) is -4.74. The maximum atomic E-state index is 12.3. The van der Waals surface area contributed by atoms with Crippen LogP contribution in [-0.2, 0) is 32.7 Å². The zero-order chi connectivity index (χ0) is 40.7. The van der Waals surface area contributed by atoms with Crippen molar-refractivity contribution in [1.29, 1.82) is 0 Å². The van der Waals surface area contributed by atoms with Gasteiger partial charge in [0.25, 0.3) is 0 Å². The second-order valence-electron chi connectivity index (χ2n) is 15.6. The molecule has 11 nitrogen and oxygen atoms in total. The van der Waals surface area contributed by atoms with Crippen LogP contribution in [0, 0.1) is 0 Å². The predicted molar refractivity (Wildman–Crippen MR) is 222 cm³/mol. The summed E-state index contributed by atoms with van der Waals surface area (Å²) in [6, 6.07) is -1.54. The first-order valence-electron chi connectivity index (χ1n) is 22.6. The first kappa shape index (κ1) is 53.5. The molecule has 0 rings (SSSR count). The number of amides is 1. The molecule has 0 spiro atoms. The fourth-order valence-electron chi connectivity index (χ4n) is 6.61. The summed E-state index contributed by atoms with van der Waals surface area (Å²) in [5.41, 5.74) is 0. The van der Waals surface area contributed by atoms with E-state index in [1.807, 2.05) is 0 Å². The van der Waals surface area contributed by atoms with Gasteiger partial charge in [0.1, 0.15) is 12.7 Å². The number of carboxylic acids is 1. The van der Waals surface area contributed by atoms with E-state index in [4.69, 9.17) is 13.8 Å². The van der Waals surface area contributed by atoms with Crippen LogP contribution in [0.25, 0.3) is 0 Å². The van der Waals surface area contributed by atoms with Gasteiger partial charge in [-0.1, -0.05) is 200 Å². The smallest absolute Gasteiger partial charge is 0.472 e. The van der Waals surface area contributed by atoms with Crippen molar-refractivity contribution in [2.75, 3.05) is 19.8 Å². The number of esters is 1. The molecule has 0 aliphatic rings. The molecule has 0 aromatic heterocycles. The number of aliphatic hydroxyl groups is 1. The van der Waals surface area contributed by atoms with E-state index in [0.717, 1.165) is 38.5 Å². The third-order valence-corrected chi connectivity index (χ3v) is 11.1. The molecule has 0 fully saturated rings. The number of carbonyl (C=O) groups excluding carboxylic acids is 2. The number of hydrogen-bond donors (Lipinski definition) is 4. The molecule has 0 radical (unpaired) electrons. The van der Waals surface area contributed by atoms with Gasteiger partial charge >= 0.3 is 19.8 Å². The van der Waals surface area contributed by atoms with E-state index in [1.165, 1.54) is 148 Å². The highest BCUT2D eigenvalue weighted by molar-refractivity contribution is 7.47. The van der Waals surface area contributed by atoms with Crippen LogP contribution in [0.5, 0.6) is 0 Å². The van der Waals surface area contributed by atoms with Gasteiger partial charge < -0.3 is 25.2 Å². The number of aliphatic carboxylic acids is 1. The number of unbranched alkanes of at least 4 members (excludes halogenated alkanes) is 29. The molecule has 326 valence electrons. The number of ether oxygens (including phenoxy) is 1. The number of carbonyl (C=O) groups is 3. The van der Waals surface area contributed by atoms with Crippen LogP contribution in [-0.4, -0.2) is 64.9 Å². The molecule has 4 N–H and O–H groups in total. The van der Waals surface area contributed by atoms with E-state index in [-0.39, 0.29) is 12.8 Å². The molecule has 1 amide bonds. The molecule has 12 heteroatoms. The summed E-state index contributed by atoms with van der Waals surface area (Å²) < 4.78 is 26.7. The van der Waals surface area contributed by atoms with Crippen LogP contribution in [0.1, 0.15) is 226 Å². The van der Waals surface area contributed by atoms with Crippen molar-refractivity contribution in [3.8, 4) is 0 Å². The minimum absolute atomic E-state index is 0.153. The third-order valence-electron chi connectivity index (χ3n) is 10.1. The summed E-state index contributed by atoms with van der Waals surface area (Å²) in [4.78, 5) is 45.8. The number of rotatable bonds is 43. The minimum atomic E-state index is -4.74. The van der Waals surface area contributed by atoms with Gasteiger partial charge in [-0.15, -0.1) is 0 Å². The summed E-state index contributed by atoms with van der Waals surface area (Å²) in [6.07, 6.45) is 37.3. The van der Waals surface area contributed by atoms with Crippen molar-refractivity contribution in [2.24, 2.45) is 0 Å². The molecule has 3 unspecified atom stereocenters. The number of nitrogens with one attached hydrogen (secondary N) is 1. The molecule has 55 heavy (non-hydrogen) atoms. The van der Waals surface area contributed by atoms with Crippen molar-refractivity contribution >= 4 is 25.7 Å². The van der Waals surface area contributed by atoms with E-state index >= 15 is 0 Å². The Kier molecular flexibility index (Phi) is 38.2. The lowest BCUT2D eigenvalue weighted by Gasteiger charge is -2.18. The fraction of sp³-hybridized carbons (Fsp3) is 0.930. The lowest BCUT2D eigenvalue weighted by Crippen LogP contribution is -2.43. The molecular weight excluding hydrogens is 721 g/mol. The molecule has 0 heterocycles. The zero-order valence-electron chi connectivity index (χ0n) is 35.3. The highest BCUT2D eigenvalue weighted by Crippen LogP contribution is 2.43. The average Bonchev–Trinajstić information content (AvgIpc) is 3.16. The first-order chi connectivity index (χ1) is 26.6. The molecule has 0 aromatic carbocycles. The van der Waals surface area contributed by atoms with Gasteiger partial charge in [0.15, 0.2) is 6.04 Å². The minimum Gasteiger partial charge on any atom is -0.480 e. The highest BCUT2D eigenvalue weighted by Gasteiger charge is 2.28. The second-order valence-corrected chi connectivity index (χ2v) is 17.1. The van der Waals surface area contributed by atoms with Crippen LogP contribution in [0.15, 0.2) is 0 Å². The number of carboxylic acid groups (broad SMARTS) is 1. The van der Waals surface area contributed by atoms with Crippen molar-refractivity contribution in [3.05, 3.63) is 0 Å². The fourth-order valence-corrected chi connectivity index (χ4v) is 7.38. The van der Waals surface area contributed by atoms with Crippen molar-refractivity contribution in [2.45, 2.75) is 238 Å². The maximum Gasteiger partial charge on any atom is 0.472 e. The van der Waals surface area contributed by atoms with Gasteiger partial charge in [0.05, 0.1) is 13.2 Å². The first-order valence-corrected chi connectivity index (χ1v) is 24.1. The predicted octanol–water partition coefficient (Wildman–Crippen LogP) is 11.5. The average molecular weight is 806 g/mol. The molecule has 0 saturated carbocycles. The Balaban J connectivity index is 3.78. The largest absolute Gasteiger partial charge is 0.480 e. The normalized spacial score (nSPS) is 13.7. The number of phosphoric ester groups is 1. The van der Waals surface area contributed by atoms with Gasteiger partial charge in [-0.2, -0.15) is 0 Å². The van der Waals surface area contributed by atoms with Crippen LogP contribution in [0.2, 0.25) is 0 Å². The summed E-state index contributed by atoms with van der Waals surface area (Å²) in [6.45, 7) is 2.58. The van der Waals surface area contributed by atoms with Gasteiger partial charge in [0.2, 0.25) is 5.91 Å². The zero-order valence-corrected chi connectivity index (χ0v) is 36.2. The van der Waals surface area contributed by atoms with E-state index in [9.17, 15) is 34.1 Å². The molecular formula is C43H84NO10P. The summed E-state index contributed by atoms with van der Waals surface area (Å²) in [5.74, 6) is -2.36. The highest BCUT2D eigenvalue weighted by atomic mass is 31.2. The van der Waals surface area contributed by atoms with Gasteiger partial charge in [-0.25, -0.2) is 9.36 Å². The molecule has 0 saturated heterocycles. The summed E-state index contributed by atoms with van der Waals surface area (Å²) in [5, 5.41) is 21.8. The van der Waals surface area contributed by atoms with E-state index in [0.29, 0.717) is 12.8 Å². The van der Waals surface area contributed by atoms with Gasteiger partial charge in [-0.3, -0.25) is 18.6 Å². The number of hydrogen-bond acceptors (Lipinski definition) is 8. The Bertz CT molecular complexity index is 952. The monoisotopic (exact) mass is 806 g/mol. The lowest BCUT2D eigenvalue weighted by atomic mass is 10.0. The second kappa shape index (κ2) is 39.3. The molecule has 0 aliphatic carbocycles. The van der Waals surface area contributed by atoms with Gasteiger partial charge in [0, 0.05) is 12.8 Å². The van der Waals surface area contributed by atoms with Crippen LogP contribution < -0.4 is 5.32 Å². The SMILES string of the molecule is CCCCCCCCCCCCCCCCCCCCCCCCCC(=O)NC(COP(=O)(O)OCC(O)COC(=O)CCCCCCCCCC)C(=O)O. The Labute approximate surface area is 335 Å². The molecule has 0 aliphatic heterocycles. The van der Waals surface area contributed by atoms with Crippen LogP contribution in [0.3, 0.4) is 0 Å².